The van der Waals surface area contributed by atoms with Gasteiger partial charge in [0.25, 0.3) is 23.6 Å². The maximum absolute atomic E-state index is 13.9. The molecule has 2 aliphatic rings. The number of nitrogens with zero attached hydrogens (tertiary/aromatic N) is 2. The van der Waals surface area contributed by atoms with E-state index in [1.807, 2.05) is 64.9 Å². The molecule has 0 atom stereocenters. The number of thiophene rings is 1. The number of anilines is 2. The highest BCUT2D eigenvalue weighted by Crippen LogP contribution is 2.34. The van der Waals surface area contributed by atoms with Crippen molar-refractivity contribution in [2.75, 3.05) is 29.9 Å². The second-order valence-corrected chi connectivity index (χ2v) is 12.7. The number of rotatable bonds is 9. The number of fused-ring (bicyclic) bond motifs is 2. The van der Waals surface area contributed by atoms with Crippen LogP contribution >= 0.6 is 11.3 Å². The molecule has 3 heterocycles. The molecular weight excluding hydrogens is 623 g/mol. The third kappa shape index (κ3) is 6.12. The topological polar surface area (TPSA) is 96.0 Å². The molecule has 7 rings (SSSR count). The van der Waals surface area contributed by atoms with Gasteiger partial charge in [0.05, 0.1) is 29.1 Å². The molecular formula is C39H33N3O5S. The van der Waals surface area contributed by atoms with E-state index in [9.17, 15) is 19.2 Å². The molecule has 0 radical (unpaired) electrons. The fourth-order valence-electron chi connectivity index (χ4n) is 6.27. The lowest BCUT2D eigenvalue weighted by molar-refractivity contribution is 0.0646. The molecule has 9 heteroatoms. The summed E-state index contributed by atoms with van der Waals surface area (Å²) < 4.78 is 6.22. The number of aryl methyl sites for hydroxylation is 1. The van der Waals surface area contributed by atoms with Crippen LogP contribution in [0.4, 0.5) is 11.4 Å². The van der Waals surface area contributed by atoms with Crippen LogP contribution in [-0.4, -0.2) is 48.2 Å². The minimum absolute atomic E-state index is 0.139. The molecule has 5 aromatic rings. The minimum atomic E-state index is -0.321. The maximum Gasteiger partial charge on any atom is 0.261 e. The van der Waals surface area contributed by atoms with Crippen molar-refractivity contribution >= 4 is 46.3 Å². The highest BCUT2D eigenvalue weighted by atomic mass is 32.1. The van der Waals surface area contributed by atoms with Crippen molar-refractivity contribution in [3.8, 4) is 16.9 Å². The lowest BCUT2D eigenvalue weighted by atomic mass is 9.99. The Bertz CT molecular complexity index is 1990. The number of carbonyl (C=O) groups excluding carboxylic acids is 4. The first-order chi connectivity index (χ1) is 23.5. The minimum Gasteiger partial charge on any atom is -0.491 e. The number of imide groups is 1. The molecule has 0 aliphatic carbocycles. The van der Waals surface area contributed by atoms with E-state index in [0.717, 1.165) is 36.1 Å². The fourth-order valence-corrected chi connectivity index (χ4v) is 7.19. The largest absolute Gasteiger partial charge is 0.491 e. The third-order valence-electron chi connectivity index (χ3n) is 8.69. The van der Waals surface area contributed by atoms with Gasteiger partial charge in [-0.05, 0) is 84.7 Å². The number of hydrogen-bond donors (Lipinski definition) is 1. The number of hydrogen-bond acceptors (Lipinski definition) is 6. The van der Waals surface area contributed by atoms with E-state index in [-0.39, 0.29) is 36.8 Å². The van der Waals surface area contributed by atoms with E-state index in [1.54, 1.807) is 59.9 Å². The van der Waals surface area contributed by atoms with Crippen molar-refractivity contribution in [1.82, 2.24) is 4.90 Å². The Morgan fingerprint density at radius 3 is 2.27 bits per heavy atom. The highest BCUT2D eigenvalue weighted by molar-refractivity contribution is 7.10. The van der Waals surface area contributed by atoms with Crippen molar-refractivity contribution in [2.24, 2.45) is 0 Å². The molecule has 0 unspecified atom stereocenters. The lowest BCUT2D eigenvalue weighted by Crippen LogP contribution is -2.31. The maximum atomic E-state index is 13.9. The van der Waals surface area contributed by atoms with Gasteiger partial charge in [-0.25, -0.2) is 0 Å². The van der Waals surface area contributed by atoms with Gasteiger partial charge in [-0.2, -0.15) is 0 Å². The molecule has 1 aromatic heterocycles. The van der Waals surface area contributed by atoms with Crippen molar-refractivity contribution in [3.05, 3.63) is 136 Å². The number of ether oxygens (including phenoxy) is 1. The Balaban J connectivity index is 1.13. The fraction of sp³-hybridized carbons (Fsp3) is 0.179. The normalized spacial score (nSPS) is 13.9. The summed E-state index contributed by atoms with van der Waals surface area (Å²) in [7, 11) is 0. The van der Waals surface area contributed by atoms with Crippen LogP contribution in [0.15, 0.2) is 109 Å². The SMILES string of the molecule is O=C(Nc1ccc(C(=O)N2CCCCc3sccc32)cc1OCCCN1C(=O)c2ccccc2C1=O)c1ccccc1-c1ccccc1. The van der Waals surface area contributed by atoms with Gasteiger partial charge >= 0.3 is 0 Å². The number of amides is 4. The van der Waals surface area contributed by atoms with Gasteiger partial charge in [0.1, 0.15) is 5.75 Å². The Hall–Kier alpha value is -5.54. The predicted octanol–water partition coefficient (Wildman–Crippen LogP) is 7.72. The summed E-state index contributed by atoms with van der Waals surface area (Å²) in [5.41, 5.74) is 4.79. The smallest absolute Gasteiger partial charge is 0.261 e. The van der Waals surface area contributed by atoms with Crippen molar-refractivity contribution in [3.63, 3.8) is 0 Å². The molecule has 4 aromatic carbocycles. The van der Waals surface area contributed by atoms with Gasteiger partial charge in [-0.15, -0.1) is 11.3 Å². The molecule has 0 spiro atoms. The molecule has 48 heavy (non-hydrogen) atoms. The molecule has 0 saturated carbocycles. The van der Waals surface area contributed by atoms with E-state index >= 15 is 0 Å². The quantitative estimate of drug-likeness (QED) is 0.130. The summed E-state index contributed by atoms with van der Waals surface area (Å²) in [4.78, 5) is 57.6. The van der Waals surface area contributed by atoms with Gasteiger partial charge in [0, 0.05) is 29.1 Å². The average Bonchev–Trinajstić information content (AvgIpc) is 3.61. The second kappa shape index (κ2) is 13.7. The molecule has 8 nitrogen and oxygen atoms in total. The second-order valence-electron chi connectivity index (χ2n) is 11.7. The Labute approximate surface area is 282 Å². The standard InChI is InChI=1S/C39H33N3O5S/c43-36(29-14-5-4-13-28(29)26-11-2-1-3-12-26)40-32-19-18-27(37(44)41-21-9-8-17-35-33(41)20-24-48-35)25-34(32)47-23-10-22-42-38(45)30-15-6-7-16-31(30)39(42)46/h1-7,11-16,18-20,24-25H,8-10,17,21-23H2,(H,40,43). The summed E-state index contributed by atoms with van der Waals surface area (Å²) in [6, 6.07) is 31.0. The summed E-state index contributed by atoms with van der Waals surface area (Å²) >= 11 is 1.67. The monoisotopic (exact) mass is 655 g/mol. The zero-order valence-corrected chi connectivity index (χ0v) is 27.0. The zero-order valence-electron chi connectivity index (χ0n) is 26.2. The molecule has 0 fully saturated rings. The van der Waals surface area contributed by atoms with Crippen molar-refractivity contribution in [2.45, 2.75) is 25.7 Å². The molecule has 240 valence electrons. The van der Waals surface area contributed by atoms with Crippen LogP contribution in [0, 0.1) is 0 Å². The predicted molar refractivity (Wildman–Crippen MR) is 187 cm³/mol. The van der Waals surface area contributed by atoms with Crippen LogP contribution in [0.3, 0.4) is 0 Å². The molecule has 1 N–H and O–H groups in total. The van der Waals surface area contributed by atoms with Gasteiger partial charge < -0.3 is 15.0 Å². The average molecular weight is 656 g/mol. The highest BCUT2D eigenvalue weighted by Gasteiger charge is 2.34. The van der Waals surface area contributed by atoms with Crippen LogP contribution < -0.4 is 15.0 Å². The summed E-state index contributed by atoms with van der Waals surface area (Å²) in [6.45, 7) is 0.937. The van der Waals surface area contributed by atoms with E-state index in [4.69, 9.17) is 4.74 Å². The number of benzene rings is 4. The third-order valence-corrected chi connectivity index (χ3v) is 9.66. The first kappa shape index (κ1) is 31.1. The summed E-state index contributed by atoms with van der Waals surface area (Å²) in [5, 5.41) is 5.03. The van der Waals surface area contributed by atoms with E-state index < -0.39 is 0 Å². The van der Waals surface area contributed by atoms with Crippen LogP contribution in [0.1, 0.15) is 65.6 Å². The molecule has 0 saturated heterocycles. The van der Waals surface area contributed by atoms with Crippen molar-refractivity contribution in [1.29, 1.82) is 0 Å². The zero-order chi connectivity index (χ0) is 33.0. The van der Waals surface area contributed by atoms with Gasteiger partial charge in [-0.1, -0.05) is 60.7 Å². The van der Waals surface area contributed by atoms with Crippen LogP contribution in [0.2, 0.25) is 0 Å². The summed E-state index contributed by atoms with van der Waals surface area (Å²) in [6.07, 6.45) is 3.24. The number of carbonyl (C=O) groups is 4. The van der Waals surface area contributed by atoms with Crippen molar-refractivity contribution < 1.29 is 23.9 Å². The van der Waals surface area contributed by atoms with E-state index in [0.29, 0.717) is 46.7 Å². The van der Waals surface area contributed by atoms with E-state index in [1.165, 1.54) is 9.78 Å². The van der Waals surface area contributed by atoms with Crippen LogP contribution in [-0.2, 0) is 6.42 Å². The van der Waals surface area contributed by atoms with Gasteiger partial charge in [-0.3, -0.25) is 24.1 Å². The Kier molecular flexibility index (Phi) is 8.85. The lowest BCUT2D eigenvalue weighted by Gasteiger charge is -2.22. The summed E-state index contributed by atoms with van der Waals surface area (Å²) in [5.74, 6) is -0.773. The Morgan fingerprint density at radius 1 is 0.792 bits per heavy atom. The van der Waals surface area contributed by atoms with Gasteiger partial charge in [0.15, 0.2) is 0 Å². The van der Waals surface area contributed by atoms with Gasteiger partial charge in [0.2, 0.25) is 0 Å². The first-order valence-electron chi connectivity index (χ1n) is 16.1. The van der Waals surface area contributed by atoms with Crippen LogP contribution in [0.5, 0.6) is 5.75 Å². The Morgan fingerprint density at radius 2 is 1.50 bits per heavy atom. The number of nitrogens with one attached hydrogen (secondary N) is 1. The first-order valence-corrected chi connectivity index (χ1v) is 16.9. The molecule has 2 aliphatic heterocycles. The van der Waals surface area contributed by atoms with Crippen LogP contribution in [0.25, 0.3) is 11.1 Å². The van der Waals surface area contributed by atoms with E-state index in [2.05, 4.69) is 5.32 Å². The molecule has 4 amide bonds. The molecule has 0 bridgehead atoms.